The molecule has 1 amide bonds. The molecular weight excluding hydrogens is 334 g/mol. The molecule has 0 bridgehead atoms. The predicted octanol–water partition coefficient (Wildman–Crippen LogP) is 2.18. The van der Waals surface area contributed by atoms with E-state index in [2.05, 4.69) is 20.3 Å². The monoisotopic (exact) mass is 353 g/mol. The van der Waals surface area contributed by atoms with E-state index in [1.54, 1.807) is 36.4 Å². The van der Waals surface area contributed by atoms with Crippen LogP contribution in [0.5, 0.6) is 5.75 Å². The van der Waals surface area contributed by atoms with Crippen LogP contribution in [0.2, 0.25) is 0 Å². The van der Waals surface area contributed by atoms with Crippen molar-refractivity contribution in [2.45, 2.75) is 0 Å². The molecule has 134 valence electrons. The second-order valence-corrected chi connectivity index (χ2v) is 5.92. The first-order valence-corrected chi connectivity index (χ1v) is 8.37. The zero-order valence-corrected chi connectivity index (χ0v) is 14.4. The lowest BCUT2D eigenvalue weighted by molar-refractivity contribution is 0.0302. The summed E-state index contributed by atoms with van der Waals surface area (Å²) in [6.45, 7) is 2.35. The molecule has 1 fully saturated rings. The highest BCUT2D eigenvalue weighted by molar-refractivity contribution is 5.95. The summed E-state index contributed by atoms with van der Waals surface area (Å²) in [6.07, 6.45) is 3.56. The number of ether oxygens (including phenoxy) is 2. The Hall–Kier alpha value is -3.13. The van der Waals surface area contributed by atoms with E-state index in [4.69, 9.17) is 9.47 Å². The van der Waals surface area contributed by atoms with E-state index in [9.17, 15) is 4.79 Å². The van der Waals surface area contributed by atoms with Crippen molar-refractivity contribution in [3.05, 3.63) is 42.2 Å². The molecule has 0 atom stereocenters. The normalized spacial score (nSPS) is 14.4. The van der Waals surface area contributed by atoms with E-state index in [0.717, 1.165) is 11.0 Å². The van der Waals surface area contributed by atoms with Crippen LogP contribution in [0.4, 0.5) is 11.6 Å². The number of nitrogens with zero attached hydrogens (tertiary/aromatic N) is 3. The fraction of sp³-hybridized carbons (Fsp3) is 0.278. The number of fused-ring (bicyclic) bond motifs is 1. The van der Waals surface area contributed by atoms with Crippen molar-refractivity contribution >= 4 is 28.6 Å². The zero-order chi connectivity index (χ0) is 17.9. The maximum Gasteiger partial charge on any atom is 0.254 e. The van der Waals surface area contributed by atoms with Crippen molar-refractivity contribution in [1.82, 2.24) is 19.9 Å². The maximum absolute atomic E-state index is 12.6. The Morgan fingerprint density at radius 2 is 2.15 bits per heavy atom. The molecule has 0 aliphatic carbocycles. The number of carbonyl (C=O) groups excluding carboxylic acids is 1. The number of H-pyrrole nitrogens is 1. The number of benzene rings is 1. The van der Waals surface area contributed by atoms with Gasteiger partial charge in [-0.1, -0.05) is 0 Å². The topological polar surface area (TPSA) is 92.4 Å². The first-order valence-electron chi connectivity index (χ1n) is 8.37. The Balaban J connectivity index is 1.57. The lowest BCUT2D eigenvalue weighted by Gasteiger charge is -2.27. The third-order valence-electron chi connectivity index (χ3n) is 4.29. The quantitative estimate of drug-likeness (QED) is 0.747. The van der Waals surface area contributed by atoms with Crippen molar-refractivity contribution in [3.63, 3.8) is 0 Å². The number of methoxy groups -OCH3 is 1. The van der Waals surface area contributed by atoms with Gasteiger partial charge in [-0.15, -0.1) is 0 Å². The van der Waals surface area contributed by atoms with Crippen molar-refractivity contribution in [1.29, 1.82) is 0 Å². The molecule has 3 heterocycles. The molecule has 0 saturated carbocycles. The van der Waals surface area contributed by atoms with Gasteiger partial charge in [-0.2, -0.15) is 4.98 Å². The van der Waals surface area contributed by atoms with E-state index in [1.807, 2.05) is 12.3 Å². The summed E-state index contributed by atoms with van der Waals surface area (Å²) in [6, 6.07) is 7.21. The number of aromatic amines is 1. The molecule has 8 heteroatoms. The van der Waals surface area contributed by atoms with E-state index >= 15 is 0 Å². The number of hydrogen-bond donors (Lipinski definition) is 2. The van der Waals surface area contributed by atoms with Gasteiger partial charge in [0.1, 0.15) is 11.4 Å². The molecule has 0 spiro atoms. The van der Waals surface area contributed by atoms with Gasteiger partial charge in [-0.25, -0.2) is 4.98 Å². The van der Waals surface area contributed by atoms with Crippen molar-refractivity contribution < 1.29 is 14.3 Å². The Kier molecular flexibility index (Phi) is 4.40. The number of anilines is 2. The van der Waals surface area contributed by atoms with Gasteiger partial charge in [-0.05, 0) is 24.3 Å². The molecule has 1 aliphatic heterocycles. The van der Waals surface area contributed by atoms with Gasteiger partial charge in [0.2, 0.25) is 5.95 Å². The van der Waals surface area contributed by atoms with Crippen LogP contribution in [0.15, 0.2) is 36.7 Å². The molecule has 3 aromatic rings. The molecule has 1 saturated heterocycles. The molecule has 2 aromatic heterocycles. The minimum atomic E-state index is -0.0257. The van der Waals surface area contributed by atoms with Gasteiger partial charge < -0.3 is 24.7 Å². The van der Waals surface area contributed by atoms with Gasteiger partial charge in [0.25, 0.3) is 5.91 Å². The van der Waals surface area contributed by atoms with Crippen LogP contribution < -0.4 is 10.1 Å². The number of amides is 1. The van der Waals surface area contributed by atoms with Crippen LogP contribution in [0.25, 0.3) is 11.0 Å². The molecule has 4 rings (SSSR count). The Labute approximate surface area is 150 Å². The van der Waals surface area contributed by atoms with E-state index in [0.29, 0.717) is 49.3 Å². The van der Waals surface area contributed by atoms with Crippen LogP contribution in [0.1, 0.15) is 10.4 Å². The number of rotatable bonds is 4. The van der Waals surface area contributed by atoms with Crippen molar-refractivity contribution in [3.8, 4) is 5.75 Å². The number of morpholine rings is 1. The third-order valence-corrected chi connectivity index (χ3v) is 4.29. The first kappa shape index (κ1) is 16.3. The molecule has 2 N–H and O–H groups in total. The van der Waals surface area contributed by atoms with Gasteiger partial charge in [0.05, 0.1) is 26.0 Å². The predicted molar refractivity (Wildman–Crippen MR) is 96.9 cm³/mol. The highest BCUT2D eigenvalue weighted by Crippen LogP contribution is 2.28. The minimum absolute atomic E-state index is 0.0257. The van der Waals surface area contributed by atoms with Crippen molar-refractivity contribution in [2.24, 2.45) is 0 Å². The largest absolute Gasteiger partial charge is 0.495 e. The SMILES string of the molecule is COc1cc(C(=O)N2CCOCC2)ccc1Nc1ncc2cc[nH]c2n1. The standard InChI is InChI=1S/C18H19N5O3/c1-25-15-10-12(17(24)23-6-8-26-9-7-23)2-3-14(15)21-18-20-11-13-4-5-19-16(13)22-18/h2-5,10-11H,6-9H2,1H3,(H2,19,20,21,22). The summed E-state index contributed by atoms with van der Waals surface area (Å²) in [7, 11) is 1.57. The van der Waals surface area contributed by atoms with Gasteiger partial charge >= 0.3 is 0 Å². The summed E-state index contributed by atoms with van der Waals surface area (Å²) in [5.74, 6) is 0.979. The summed E-state index contributed by atoms with van der Waals surface area (Å²) < 4.78 is 10.7. The first-order chi connectivity index (χ1) is 12.7. The Bertz CT molecular complexity index is 933. The summed E-state index contributed by atoms with van der Waals surface area (Å²) in [4.78, 5) is 26.2. The number of aromatic nitrogens is 3. The van der Waals surface area contributed by atoms with E-state index in [1.165, 1.54) is 0 Å². The molecule has 1 aromatic carbocycles. The Morgan fingerprint density at radius 3 is 2.96 bits per heavy atom. The highest BCUT2D eigenvalue weighted by Gasteiger charge is 2.20. The molecule has 0 unspecified atom stereocenters. The van der Waals surface area contributed by atoms with E-state index < -0.39 is 0 Å². The Morgan fingerprint density at radius 1 is 1.31 bits per heavy atom. The zero-order valence-electron chi connectivity index (χ0n) is 14.4. The molecular formula is C18H19N5O3. The van der Waals surface area contributed by atoms with Crippen LogP contribution in [0, 0.1) is 0 Å². The second kappa shape index (κ2) is 7.01. The molecule has 0 radical (unpaired) electrons. The van der Waals surface area contributed by atoms with Gasteiger partial charge in [0.15, 0.2) is 0 Å². The molecule has 26 heavy (non-hydrogen) atoms. The number of hydrogen-bond acceptors (Lipinski definition) is 6. The van der Waals surface area contributed by atoms with Crippen LogP contribution >= 0.6 is 0 Å². The lowest BCUT2D eigenvalue weighted by Crippen LogP contribution is -2.40. The molecule has 1 aliphatic rings. The number of nitrogens with one attached hydrogen (secondary N) is 2. The average molecular weight is 353 g/mol. The third kappa shape index (κ3) is 3.18. The van der Waals surface area contributed by atoms with Crippen LogP contribution in [-0.4, -0.2) is 59.2 Å². The smallest absolute Gasteiger partial charge is 0.254 e. The summed E-state index contributed by atoms with van der Waals surface area (Å²) in [5, 5.41) is 4.08. The maximum atomic E-state index is 12.6. The fourth-order valence-electron chi connectivity index (χ4n) is 2.90. The summed E-state index contributed by atoms with van der Waals surface area (Å²) in [5.41, 5.74) is 2.02. The lowest BCUT2D eigenvalue weighted by atomic mass is 10.1. The van der Waals surface area contributed by atoms with Crippen LogP contribution in [0.3, 0.4) is 0 Å². The summed E-state index contributed by atoms with van der Waals surface area (Å²) >= 11 is 0. The van der Waals surface area contributed by atoms with Gasteiger partial charge in [0, 0.05) is 36.4 Å². The number of carbonyl (C=O) groups is 1. The highest BCUT2D eigenvalue weighted by atomic mass is 16.5. The fourth-order valence-corrected chi connectivity index (χ4v) is 2.90. The minimum Gasteiger partial charge on any atom is -0.495 e. The van der Waals surface area contributed by atoms with Gasteiger partial charge in [-0.3, -0.25) is 4.79 Å². The average Bonchev–Trinajstić information content (AvgIpc) is 3.16. The van der Waals surface area contributed by atoms with Crippen LogP contribution in [-0.2, 0) is 4.74 Å². The second-order valence-electron chi connectivity index (χ2n) is 5.92. The van der Waals surface area contributed by atoms with Crippen molar-refractivity contribution in [2.75, 3.05) is 38.7 Å². The van der Waals surface area contributed by atoms with E-state index in [-0.39, 0.29) is 5.91 Å². The molecule has 8 nitrogen and oxygen atoms in total.